The van der Waals surface area contributed by atoms with Crippen molar-refractivity contribution in [1.29, 1.82) is 5.26 Å². The van der Waals surface area contributed by atoms with Crippen LogP contribution in [0.5, 0.6) is 11.5 Å². The number of hydrogen-bond acceptors (Lipinski definition) is 13. The van der Waals surface area contributed by atoms with Gasteiger partial charge in [0.2, 0.25) is 11.8 Å². The highest BCUT2D eigenvalue weighted by atomic mass is 32.2. The van der Waals surface area contributed by atoms with E-state index in [1.807, 2.05) is 0 Å². The summed E-state index contributed by atoms with van der Waals surface area (Å²) in [4.78, 5) is 60.9. The van der Waals surface area contributed by atoms with Gasteiger partial charge in [0.05, 0.1) is 59.0 Å². The minimum atomic E-state index is -4.13. The second kappa shape index (κ2) is 17.9. The highest BCUT2D eigenvalue weighted by Gasteiger charge is 2.46. The van der Waals surface area contributed by atoms with Gasteiger partial charge < -0.3 is 24.4 Å². The molecule has 69 heavy (non-hydrogen) atoms. The van der Waals surface area contributed by atoms with Crippen LogP contribution in [0.15, 0.2) is 47.5 Å². The van der Waals surface area contributed by atoms with Crippen molar-refractivity contribution < 1.29 is 50.6 Å². The summed E-state index contributed by atoms with van der Waals surface area (Å²) in [6.07, 6.45) is 2.86. The topological polar surface area (TPSA) is 238 Å². The molecular formula is C45H48F3N11O9S. The van der Waals surface area contributed by atoms with Crippen molar-refractivity contribution in [1.82, 2.24) is 33.9 Å². The van der Waals surface area contributed by atoms with E-state index in [-0.39, 0.29) is 81.4 Å². The number of halogens is 3. The summed E-state index contributed by atoms with van der Waals surface area (Å²) in [5, 5.41) is 28.1. The van der Waals surface area contributed by atoms with Crippen molar-refractivity contribution in [2.24, 2.45) is 7.05 Å². The number of imide groups is 1. The average Bonchev–Trinajstić information content (AvgIpc) is 3.87. The fraction of sp³-hybridized carbons (Fsp3) is 0.444. The molecule has 9 rings (SSSR count). The average molecular weight is 976 g/mol. The predicted octanol–water partition coefficient (Wildman–Crippen LogP) is 4.16. The molecule has 0 unspecified atom stereocenters. The Morgan fingerprint density at radius 1 is 1.06 bits per heavy atom. The molecule has 3 aromatic carbocycles. The number of nitrogens with one attached hydrogen (secondary N) is 2. The van der Waals surface area contributed by atoms with E-state index in [0.717, 1.165) is 22.5 Å². The third-order valence-electron chi connectivity index (χ3n) is 13.7. The zero-order valence-electron chi connectivity index (χ0n) is 37.8. The zero-order valence-corrected chi connectivity index (χ0v) is 38.6. The highest BCUT2D eigenvalue weighted by Crippen LogP contribution is 2.42. The molecule has 0 saturated carbocycles. The van der Waals surface area contributed by atoms with E-state index in [1.54, 1.807) is 35.9 Å². The van der Waals surface area contributed by atoms with Crippen LogP contribution >= 0.6 is 0 Å². The predicted molar refractivity (Wildman–Crippen MR) is 243 cm³/mol. The fourth-order valence-corrected chi connectivity index (χ4v) is 10.5. The molecule has 0 radical (unpaired) electrons. The number of amides is 4. The van der Waals surface area contributed by atoms with Crippen LogP contribution in [0.3, 0.4) is 0 Å². The summed E-state index contributed by atoms with van der Waals surface area (Å²) in [7, 11) is -1.16. The van der Waals surface area contributed by atoms with Gasteiger partial charge in [0.15, 0.2) is 29.0 Å². The van der Waals surface area contributed by atoms with Gasteiger partial charge in [0.1, 0.15) is 22.8 Å². The summed E-state index contributed by atoms with van der Waals surface area (Å²) in [5.41, 5.74) is -2.81. The normalized spacial score (nSPS) is 19.4. The third-order valence-corrected chi connectivity index (χ3v) is 15.3. The van der Waals surface area contributed by atoms with Crippen LogP contribution in [0.2, 0.25) is 0 Å². The lowest BCUT2D eigenvalue weighted by atomic mass is 9.85. The second-order valence-corrected chi connectivity index (χ2v) is 19.7. The van der Waals surface area contributed by atoms with Gasteiger partial charge in [-0.25, -0.2) is 22.9 Å². The molecule has 2 aromatic heterocycles. The first-order valence-corrected chi connectivity index (χ1v) is 23.8. The number of nitrogens with zero attached hydrogens (tertiary/aromatic N) is 9. The first kappa shape index (κ1) is 47.3. The molecule has 364 valence electrons. The maximum Gasteiger partial charge on any atom is 0.329 e. The summed E-state index contributed by atoms with van der Waals surface area (Å²) >= 11 is 0. The number of hydrogen-bond donors (Lipinski definition) is 3. The first-order valence-electron chi connectivity index (χ1n) is 22.3. The number of benzene rings is 3. The van der Waals surface area contributed by atoms with E-state index in [9.17, 15) is 38.0 Å². The van der Waals surface area contributed by atoms with Crippen molar-refractivity contribution >= 4 is 67.1 Å². The molecule has 4 aliphatic rings. The lowest BCUT2D eigenvalue weighted by Gasteiger charge is -2.42. The minimum absolute atomic E-state index is 0.0158. The summed E-state index contributed by atoms with van der Waals surface area (Å²) in [6.45, 7) is 3.06. The Bertz CT molecular complexity index is 3140. The molecule has 20 nitrogen and oxygen atoms in total. The van der Waals surface area contributed by atoms with Crippen LogP contribution in [0.4, 0.5) is 35.2 Å². The number of carbonyl (C=O) groups excluding carboxylic acids is 3. The smallest absolute Gasteiger partial charge is 0.329 e. The molecule has 4 aliphatic heterocycles. The quantitative estimate of drug-likeness (QED) is 0.169. The standard InChI is InChI=1S/C45H48F3N11O9S/c1-4-54(2)69(65,66)53-31-6-5-29(46)40(28(31)23-49)68-35-8-7-32-38(39(35)48)42(62)59(25-50-32)26-21-45(67-24-26)12-17-57(18-13-45)37(61)22-44(64)10-15-56(16-11-44)34-20-33-27(19-30(34)47)41(52-55(33)3)58-14-9-36(60)51-43(58)63/h5-8,19-20,25-26,53,64H,4,9-18,21-22,24H2,1-3H3,(H,51,60,63)/t26-/m1/s1. The van der Waals surface area contributed by atoms with E-state index in [1.165, 1.54) is 39.7 Å². The molecule has 1 atom stereocenters. The van der Waals surface area contributed by atoms with Gasteiger partial charge in [-0.15, -0.1) is 0 Å². The number of anilines is 3. The van der Waals surface area contributed by atoms with Crippen molar-refractivity contribution in [2.45, 2.75) is 69.1 Å². The molecule has 24 heteroatoms. The van der Waals surface area contributed by atoms with Crippen LogP contribution in [-0.2, 0) is 31.6 Å². The Morgan fingerprint density at radius 2 is 1.80 bits per heavy atom. The zero-order chi connectivity index (χ0) is 49.2. The number of nitriles is 1. The molecule has 4 amide bonds. The minimum Gasteiger partial charge on any atom is -0.450 e. The number of aromatic nitrogens is 4. The van der Waals surface area contributed by atoms with Crippen molar-refractivity contribution in [3.8, 4) is 17.6 Å². The number of aryl methyl sites for hydroxylation is 1. The third kappa shape index (κ3) is 8.79. The molecule has 0 aliphatic carbocycles. The number of likely N-dealkylation sites (tertiary alicyclic amines) is 1. The molecular weight excluding hydrogens is 928 g/mol. The van der Waals surface area contributed by atoms with Gasteiger partial charge in [0, 0.05) is 65.2 Å². The summed E-state index contributed by atoms with van der Waals surface area (Å²) in [5.74, 6) is -4.57. The van der Waals surface area contributed by atoms with Crippen molar-refractivity contribution in [2.75, 3.05) is 67.4 Å². The number of rotatable bonds is 11. The van der Waals surface area contributed by atoms with Gasteiger partial charge in [-0.3, -0.25) is 38.6 Å². The van der Waals surface area contributed by atoms with Gasteiger partial charge >= 0.3 is 16.2 Å². The molecule has 4 fully saturated rings. The lowest BCUT2D eigenvalue weighted by Crippen LogP contribution is -2.51. The summed E-state index contributed by atoms with van der Waals surface area (Å²) < 4.78 is 90.4. The van der Waals surface area contributed by atoms with Crippen LogP contribution in [0.25, 0.3) is 21.8 Å². The molecule has 6 heterocycles. The molecule has 4 saturated heterocycles. The van der Waals surface area contributed by atoms with Crippen LogP contribution in [0.1, 0.15) is 63.5 Å². The maximum absolute atomic E-state index is 16.3. The lowest BCUT2D eigenvalue weighted by molar-refractivity contribution is -0.142. The monoisotopic (exact) mass is 975 g/mol. The Hall–Kier alpha value is -6.81. The van der Waals surface area contributed by atoms with Crippen molar-refractivity contribution in [3.63, 3.8) is 0 Å². The fourth-order valence-electron chi connectivity index (χ4n) is 9.55. The van der Waals surface area contributed by atoms with E-state index >= 15 is 13.2 Å². The van der Waals surface area contributed by atoms with Gasteiger partial charge in [-0.1, -0.05) is 6.92 Å². The Kier molecular flexibility index (Phi) is 12.3. The van der Waals surface area contributed by atoms with Gasteiger partial charge in [0.25, 0.3) is 5.56 Å². The van der Waals surface area contributed by atoms with E-state index in [2.05, 4.69) is 20.1 Å². The Balaban J connectivity index is 0.825. The van der Waals surface area contributed by atoms with Crippen LogP contribution < -0.4 is 30.1 Å². The van der Waals surface area contributed by atoms with Crippen LogP contribution in [0, 0.1) is 28.8 Å². The van der Waals surface area contributed by atoms with E-state index in [4.69, 9.17) is 9.47 Å². The van der Waals surface area contributed by atoms with E-state index in [0.29, 0.717) is 48.9 Å². The maximum atomic E-state index is 16.3. The SMILES string of the molecule is CCN(C)S(=O)(=O)Nc1ccc(F)c(Oc2ccc3ncn([C@H]4COC5(CCN(C(=O)CC6(O)CCN(c7cc8c(cc7F)c(N7CCC(=O)NC7=O)nn8C)CC6)CC5)C4)c(=O)c3c2F)c1C#N. The number of piperidine rings is 2. The molecule has 1 spiro atoms. The molecule has 5 aromatic rings. The second-order valence-electron chi connectivity index (χ2n) is 17.9. The largest absolute Gasteiger partial charge is 0.450 e. The Labute approximate surface area is 392 Å². The van der Waals surface area contributed by atoms with Crippen LogP contribution in [-0.4, -0.2) is 124 Å². The number of carbonyl (C=O) groups is 3. The first-order chi connectivity index (χ1) is 32.8. The highest BCUT2D eigenvalue weighted by molar-refractivity contribution is 7.90. The number of ether oxygens (including phenoxy) is 2. The van der Waals surface area contributed by atoms with Crippen molar-refractivity contribution in [3.05, 3.63) is 76.1 Å². The number of urea groups is 1. The van der Waals surface area contributed by atoms with E-state index < -0.39 is 84.9 Å². The molecule has 0 bridgehead atoms. The molecule has 3 N–H and O–H groups in total. The summed E-state index contributed by atoms with van der Waals surface area (Å²) in [6, 6.07) is 7.80. The van der Waals surface area contributed by atoms with Gasteiger partial charge in [-0.05, 0) is 68.5 Å². The Morgan fingerprint density at radius 3 is 2.49 bits per heavy atom. The number of aliphatic hydroxyl groups is 1. The van der Waals surface area contributed by atoms with Gasteiger partial charge in [-0.2, -0.15) is 23.1 Å². The number of fused-ring (bicyclic) bond motifs is 2.